The number of nitrogens with one attached hydrogen (secondary N) is 2. The molecule has 0 spiro atoms. The summed E-state index contributed by atoms with van der Waals surface area (Å²) in [7, 11) is 1.94. The summed E-state index contributed by atoms with van der Waals surface area (Å²) >= 11 is 0. The molecule has 0 saturated carbocycles. The molecule has 3 rings (SSSR count). The topological polar surface area (TPSA) is 72.7 Å². The van der Waals surface area contributed by atoms with Gasteiger partial charge in [0.25, 0.3) is 5.91 Å². The number of carbonyl (C=O) groups is 1. The Balaban J connectivity index is 1.52. The number of amides is 1. The van der Waals surface area contributed by atoms with Crippen LogP contribution in [0.4, 0.5) is 5.69 Å². The molecule has 24 heavy (non-hydrogen) atoms. The van der Waals surface area contributed by atoms with Gasteiger partial charge in [0.05, 0.1) is 13.3 Å². The smallest absolute Gasteiger partial charge is 0.279 e. The number of rotatable bonds is 6. The number of likely N-dealkylation sites (N-methyl/N-ethyl adjacent to an activating group) is 1. The molecule has 124 valence electrons. The fourth-order valence-corrected chi connectivity index (χ4v) is 2.42. The first-order valence-electron chi connectivity index (χ1n) is 7.77. The molecule has 3 aromatic rings. The van der Waals surface area contributed by atoms with Crippen LogP contribution in [0, 0.1) is 6.92 Å². The lowest BCUT2D eigenvalue weighted by molar-refractivity contribution is -0.885. The van der Waals surface area contributed by atoms with Gasteiger partial charge in [-0.25, -0.2) is 0 Å². The largest absolute Gasteiger partial charge is 0.461 e. The summed E-state index contributed by atoms with van der Waals surface area (Å²) in [4.78, 5) is 13.1. The first-order valence-corrected chi connectivity index (χ1v) is 7.77. The van der Waals surface area contributed by atoms with E-state index in [4.69, 9.17) is 8.94 Å². The monoisotopic (exact) mass is 326 g/mol. The van der Waals surface area contributed by atoms with Gasteiger partial charge in [0.15, 0.2) is 12.3 Å². The van der Waals surface area contributed by atoms with Gasteiger partial charge in [0.1, 0.15) is 12.2 Å². The second-order valence-electron chi connectivity index (χ2n) is 5.88. The minimum Gasteiger partial charge on any atom is -0.461 e. The lowest BCUT2D eigenvalue weighted by atomic mass is 10.2. The molecule has 0 aliphatic heterocycles. The summed E-state index contributed by atoms with van der Waals surface area (Å²) in [5.41, 5.74) is 2.75. The number of quaternary nitrogens is 1. The molecule has 1 amide bonds. The molecular formula is C18H20N3O3+. The number of carbonyl (C=O) groups excluding carboxylic acids is 1. The predicted molar refractivity (Wildman–Crippen MR) is 89.5 cm³/mol. The Labute approximate surface area is 140 Å². The maximum absolute atomic E-state index is 12.1. The van der Waals surface area contributed by atoms with Gasteiger partial charge in [-0.1, -0.05) is 22.9 Å². The van der Waals surface area contributed by atoms with Gasteiger partial charge in [0, 0.05) is 11.8 Å². The lowest BCUT2D eigenvalue weighted by Gasteiger charge is -2.12. The van der Waals surface area contributed by atoms with Crippen molar-refractivity contribution in [1.82, 2.24) is 5.16 Å². The molecule has 0 aliphatic carbocycles. The SMILES string of the molecule is Cc1ccc(NC(=O)C[NH+](C)Cc2cc(-c3ccco3)on2)cc1. The van der Waals surface area contributed by atoms with Crippen molar-refractivity contribution >= 4 is 11.6 Å². The molecule has 1 atom stereocenters. The van der Waals surface area contributed by atoms with Crippen LogP contribution in [0.1, 0.15) is 11.3 Å². The minimum absolute atomic E-state index is 0.0360. The summed E-state index contributed by atoms with van der Waals surface area (Å²) in [5.74, 6) is 1.20. The Kier molecular flexibility index (Phi) is 4.77. The van der Waals surface area contributed by atoms with Gasteiger partial charge in [-0.15, -0.1) is 0 Å². The molecule has 2 N–H and O–H groups in total. The van der Waals surface area contributed by atoms with Crippen LogP contribution in [-0.4, -0.2) is 24.7 Å². The average molecular weight is 326 g/mol. The highest BCUT2D eigenvalue weighted by atomic mass is 16.5. The van der Waals surface area contributed by atoms with Crippen molar-refractivity contribution in [1.29, 1.82) is 0 Å². The zero-order valence-corrected chi connectivity index (χ0v) is 13.7. The number of benzene rings is 1. The van der Waals surface area contributed by atoms with E-state index in [1.807, 2.05) is 50.4 Å². The molecule has 2 aromatic heterocycles. The number of aryl methyl sites for hydroxylation is 1. The van der Waals surface area contributed by atoms with Gasteiger partial charge in [-0.05, 0) is 31.2 Å². The summed E-state index contributed by atoms with van der Waals surface area (Å²) < 4.78 is 10.5. The van der Waals surface area contributed by atoms with Crippen molar-refractivity contribution < 1.29 is 18.6 Å². The first kappa shape index (κ1) is 16.0. The number of anilines is 1. The van der Waals surface area contributed by atoms with Crippen LogP contribution in [0.5, 0.6) is 0 Å². The van der Waals surface area contributed by atoms with E-state index in [-0.39, 0.29) is 5.91 Å². The highest BCUT2D eigenvalue weighted by Gasteiger charge is 2.15. The Morgan fingerprint density at radius 3 is 2.71 bits per heavy atom. The predicted octanol–water partition coefficient (Wildman–Crippen LogP) is 1.90. The van der Waals surface area contributed by atoms with E-state index in [0.29, 0.717) is 24.6 Å². The summed E-state index contributed by atoms with van der Waals surface area (Å²) in [5, 5.41) is 6.92. The van der Waals surface area contributed by atoms with E-state index in [1.165, 1.54) is 0 Å². The normalized spacial score (nSPS) is 12.1. The van der Waals surface area contributed by atoms with Crippen LogP contribution in [0.15, 0.2) is 57.7 Å². The molecule has 0 fully saturated rings. The molecule has 6 nitrogen and oxygen atoms in total. The number of furan rings is 1. The maximum Gasteiger partial charge on any atom is 0.279 e. The van der Waals surface area contributed by atoms with Gasteiger partial charge in [0.2, 0.25) is 5.76 Å². The van der Waals surface area contributed by atoms with Crippen LogP contribution in [-0.2, 0) is 11.3 Å². The third-order valence-electron chi connectivity index (χ3n) is 3.60. The van der Waals surface area contributed by atoms with Gasteiger partial charge in [-0.3, -0.25) is 4.79 Å². The molecule has 0 saturated heterocycles. The Morgan fingerprint density at radius 2 is 2.00 bits per heavy atom. The van der Waals surface area contributed by atoms with Gasteiger partial charge < -0.3 is 19.2 Å². The van der Waals surface area contributed by atoms with Gasteiger partial charge in [-0.2, -0.15) is 0 Å². The third kappa shape index (κ3) is 4.11. The van der Waals surface area contributed by atoms with Crippen molar-refractivity contribution in [3.05, 3.63) is 60.0 Å². The van der Waals surface area contributed by atoms with Crippen molar-refractivity contribution in [2.45, 2.75) is 13.5 Å². The zero-order valence-electron chi connectivity index (χ0n) is 13.7. The van der Waals surface area contributed by atoms with Crippen molar-refractivity contribution in [3.8, 4) is 11.5 Å². The van der Waals surface area contributed by atoms with Crippen LogP contribution < -0.4 is 10.2 Å². The number of aromatic nitrogens is 1. The van der Waals surface area contributed by atoms with E-state index in [9.17, 15) is 4.79 Å². The Morgan fingerprint density at radius 1 is 1.21 bits per heavy atom. The van der Waals surface area contributed by atoms with E-state index in [0.717, 1.165) is 21.8 Å². The highest BCUT2D eigenvalue weighted by Crippen LogP contribution is 2.20. The fourth-order valence-electron chi connectivity index (χ4n) is 2.42. The van der Waals surface area contributed by atoms with Crippen molar-refractivity contribution in [3.63, 3.8) is 0 Å². The Hall–Kier alpha value is -2.86. The van der Waals surface area contributed by atoms with E-state index < -0.39 is 0 Å². The quantitative estimate of drug-likeness (QED) is 0.726. The number of hydrogen-bond acceptors (Lipinski definition) is 4. The van der Waals surface area contributed by atoms with E-state index >= 15 is 0 Å². The molecular weight excluding hydrogens is 306 g/mol. The molecule has 0 radical (unpaired) electrons. The summed E-state index contributed by atoms with van der Waals surface area (Å²) in [6, 6.07) is 13.2. The second-order valence-corrected chi connectivity index (χ2v) is 5.88. The average Bonchev–Trinajstić information content (AvgIpc) is 3.20. The standard InChI is InChI=1S/C18H19N3O3/c1-13-5-7-14(8-6-13)19-18(22)12-21(2)11-15-10-17(24-20-15)16-4-3-9-23-16/h3-10H,11-12H2,1-2H3,(H,19,22)/p+1. The second kappa shape index (κ2) is 7.14. The highest BCUT2D eigenvalue weighted by molar-refractivity contribution is 5.91. The Bertz CT molecular complexity index is 791. The van der Waals surface area contributed by atoms with E-state index in [1.54, 1.807) is 12.3 Å². The maximum atomic E-state index is 12.1. The number of nitrogens with zero attached hydrogens (tertiary/aromatic N) is 1. The van der Waals surface area contributed by atoms with Crippen LogP contribution >= 0.6 is 0 Å². The van der Waals surface area contributed by atoms with Gasteiger partial charge >= 0.3 is 0 Å². The molecule has 6 heteroatoms. The van der Waals surface area contributed by atoms with Crippen LogP contribution in [0.2, 0.25) is 0 Å². The fraction of sp³-hybridized carbons (Fsp3) is 0.222. The van der Waals surface area contributed by atoms with Crippen molar-refractivity contribution in [2.75, 3.05) is 18.9 Å². The van der Waals surface area contributed by atoms with Crippen molar-refractivity contribution in [2.24, 2.45) is 0 Å². The molecule has 2 heterocycles. The molecule has 0 aliphatic rings. The molecule has 0 bridgehead atoms. The van der Waals surface area contributed by atoms with Crippen LogP contribution in [0.25, 0.3) is 11.5 Å². The third-order valence-corrected chi connectivity index (χ3v) is 3.60. The molecule has 1 unspecified atom stereocenters. The minimum atomic E-state index is -0.0360. The van der Waals surface area contributed by atoms with E-state index in [2.05, 4.69) is 10.5 Å². The molecule has 1 aromatic carbocycles. The summed E-state index contributed by atoms with van der Waals surface area (Å²) in [6.07, 6.45) is 1.59. The first-order chi connectivity index (χ1) is 11.6. The van der Waals surface area contributed by atoms with Crippen LogP contribution in [0.3, 0.4) is 0 Å². The lowest BCUT2D eigenvalue weighted by Crippen LogP contribution is -3.08. The number of hydrogen-bond donors (Lipinski definition) is 2. The zero-order chi connectivity index (χ0) is 16.9. The summed E-state index contributed by atoms with van der Waals surface area (Å²) in [6.45, 7) is 2.95.